The largest absolute Gasteiger partial charge is 0.494 e. The number of carbonyl (C=O) groups excluding carboxylic acids is 2. The van der Waals surface area contributed by atoms with Gasteiger partial charge in [0.15, 0.2) is 0 Å². The van der Waals surface area contributed by atoms with Gasteiger partial charge in [-0.3, -0.25) is 0 Å². The van der Waals surface area contributed by atoms with Crippen LogP contribution in [0.15, 0.2) is 72.8 Å². The molecule has 0 amide bonds. The van der Waals surface area contributed by atoms with Crippen molar-refractivity contribution in [3.8, 4) is 22.6 Å². The van der Waals surface area contributed by atoms with Gasteiger partial charge in [-0.2, -0.15) is 13.2 Å². The Labute approximate surface area is 277 Å². The highest BCUT2D eigenvalue weighted by atomic mass is 19.4. The van der Waals surface area contributed by atoms with Crippen molar-refractivity contribution in [3.05, 3.63) is 83.9 Å². The number of alkyl halides is 3. The van der Waals surface area contributed by atoms with Crippen molar-refractivity contribution in [1.29, 1.82) is 0 Å². The summed E-state index contributed by atoms with van der Waals surface area (Å²) in [5.41, 5.74) is 2.56. The average Bonchev–Trinajstić information content (AvgIpc) is 3.06. The van der Waals surface area contributed by atoms with Gasteiger partial charge in [0, 0.05) is 6.42 Å². The van der Waals surface area contributed by atoms with Gasteiger partial charge in [-0.25, -0.2) is 9.59 Å². The molecule has 0 heterocycles. The molecule has 0 unspecified atom stereocenters. The number of rotatable bonds is 21. The topological polar surface area (TPSA) is 61.8 Å². The Balaban J connectivity index is 1.44. The van der Waals surface area contributed by atoms with Crippen molar-refractivity contribution in [2.45, 2.75) is 116 Å². The van der Waals surface area contributed by atoms with Crippen LogP contribution in [0, 0.1) is 0 Å². The molecule has 0 bridgehead atoms. The second kappa shape index (κ2) is 20.4. The van der Waals surface area contributed by atoms with Crippen molar-refractivity contribution in [3.63, 3.8) is 0 Å². The summed E-state index contributed by atoms with van der Waals surface area (Å²) in [6.45, 7) is 4.92. The predicted molar refractivity (Wildman–Crippen MR) is 180 cm³/mol. The molecule has 256 valence electrons. The van der Waals surface area contributed by atoms with Crippen molar-refractivity contribution in [1.82, 2.24) is 0 Å². The van der Waals surface area contributed by atoms with Crippen LogP contribution in [0.1, 0.15) is 124 Å². The Bertz CT molecular complexity index is 1320. The highest BCUT2D eigenvalue weighted by Gasteiger charge is 2.27. The first-order chi connectivity index (χ1) is 22.7. The number of hydrogen-bond acceptors (Lipinski definition) is 5. The molecule has 1 atom stereocenters. The molecule has 3 rings (SSSR count). The van der Waals surface area contributed by atoms with Gasteiger partial charge in [-0.05, 0) is 85.3 Å². The molecule has 0 spiro atoms. The summed E-state index contributed by atoms with van der Waals surface area (Å²) in [4.78, 5) is 25.4. The van der Waals surface area contributed by atoms with E-state index in [0.29, 0.717) is 18.6 Å². The van der Waals surface area contributed by atoms with Crippen LogP contribution in [-0.4, -0.2) is 30.8 Å². The number of carbonyl (C=O) groups is 2. The molecule has 0 aliphatic heterocycles. The van der Waals surface area contributed by atoms with Gasteiger partial charge in [0.1, 0.15) is 17.6 Å². The Hall–Kier alpha value is -3.81. The third-order valence-electron chi connectivity index (χ3n) is 8.02. The third-order valence-corrected chi connectivity index (χ3v) is 8.02. The second-order valence-corrected chi connectivity index (χ2v) is 12.0. The fourth-order valence-electron chi connectivity index (χ4n) is 5.24. The molecule has 5 nitrogen and oxygen atoms in total. The van der Waals surface area contributed by atoms with Crippen molar-refractivity contribution < 1.29 is 37.0 Å². The summed E-state index contributed by atoms with van der Waals surface area (Å²) in [5.74, 6) is -0.0603. The quantitative estimate of drug-likeness (QED) is 0.0650. The number of ether oxygens (including phenoxy) is 3. The Kier molecular flexibility index (Phi) is 16.4. The lowest BCUT2D eigenvalue weighted by atomic mass is 10.0. The zero-order chi connectivity index (χ0) is 33.9. The van der Waals surface area contributed by atoms with Crippen LogP contribution < -0.4 is 9.47 Å². The standard InChI is InChI=1S/C39H49F3O5/c1-3-5-7-8-9-10-11-12-29-45-34-24-20-31(21-25-34)30-16-18-32(19-17-30)37(43)47-36-26-22-33(23-27-36)38(44)46-35(14-6-4-2)15-13-28-39(40,41)42/h16-27,35H,3-15,28-29H2,1-2H3/t35-/m1/s1. The van der Waals surface area contributed by atoms with Gasteiger partial charge in [-0.15, -0.1) is 0 Å². The Morgan fingerprint density at radius 2 is 1.09 bits per heavy atom. The molecule has 0 radical (unpaired) electrons. The van der Waals surface area contributed by atoms with Gasteiger partial charge in [0.25, 0.3) is 0 Å². The molecule has 0 N–H and O–H groups in total. The second-order valence-electron chi connectivity index (χ2n) is 12.0. The molecule has 0 fully saturated rings. The van der Waals surface area contributed by atoms with E-state index < -0.39 is 30.6 Å². The molecular weight excluding hydrogens is 605 g/mol. The smallest absolute Gasteiger partial charge is 0.389 e. The first-order valence-electron chi connectivity index (χ1n) is 17.1. The van der Waals surface area contributed by atoms with Crippen LogP contribution in [0.4, 0.5) is 13.2 Å². The van der Waals surface area contributed by atoms with Crippen LogP contribution in [0.2, 0.25) is 0 Å². The molecular formula is C39H49F3O5. The molecule has 0 aromatic heterocycles. The van der Waals surface area contributed by atoms with Crippen molar-refractivity contribution in [2.75, 3.05) is 6.61 Å². The number of esters is 2. The van der Waals surface area contributed by atoms with E-state index in [4.69, 9.17) is 14.2 Å². The van der Waals surface area contributed by atoms with Crippen LogP contribution in [0.5, 0.6) is 11.5 Å². The van der Waals surface area contributed by atoms with Gasteiger partial charge in [0.2, 0.25) is 0 Å². The van der Waals surface area contributed by atoms with Gasteiger partial charge in [-0.1, -0.05) is 95.9 Å². The van der Waals surface area contributed by atoms with E-state index in [1.807, 2.05) is 43.3 Å². The zero-order valence-electron chi connectivity index (χ0n) is 27.8. The summed E-state index contributed by atoms with van der Waals surface area (Å²) < 4.78 is 54.6. The molecule has 0 aliphatic carbocycles. The van der Waals surface area contributed by atoms with E-state index in [2.05, 4.69) is 6.92 Å². The maximum Gasteiger partial charge on any atom is 0.389 e. The number of unbranched alkanes of at least 4 members (excludes halogenated alkanes) is 8. The summed E-state index contributed by atoms with van der Waals surface area (Å²) in [6, 6.07) is 21.0. The highest BCUT2D eigenvalue weighted by Crippen LogP contribution is 2.26. The monoisotopic (exact) mass is 654 g/mol. The Morgan fingerprint density at radius 1 is 0.596 bits per heavy atom. The molecule has 3 aromatic rings. The van der Waals surface area contributed by atoms with E-state index in [9.17, 15) is 22.8 Å². The number of halogens is 3. The van der Waals surface area contributed by atoms with Gasteiger partial charge in [0.05, 0.1) is 17.7 Å². The summed E-state index contributed by atoms with van der Waals surface area (Å²) in [6.07, 6.45) is 6.54. The SMILES string of the molecule is CCCCCCCCCCOc1ccc(-c2ccc(C(=O)Oc3ccc(C(=O)O[C@H](CCCC)CCCC(F)(F)F)cc3)cc2)cc1. The number of benzene rings is 3. The van der Waals surface area contributed by atoms with E-state index in [0.717, 1.165) is 36.1 Å². The maximum absolute atomic E-state index is 12.8. The average molecular weight is 655 g/mol. The minimum absolute atomic E-state index is 0.0955. The van der Waals surface area contributed by atoms with Gasteiger partial charge < -0.3 is 14.2 Å². The highest BCUT2D eigenvalue weighted by molar-refractivity contribution is 5.92. The van der Waals surface area contributed by atoms with Crippen molar-refractivity contribution in [2.24, 2.45) is 0 Å². The summed E-state index contributed by atoms with van der Waals surface area (Å²) >= 11 is 0. The molecule has 3 aromatic carbocycles. The van der Waals surface area contributed by atoms with Crippen LogP contribution >= 0.6 is 0 Å². The maximum atomic E-state index is 12.8. The Morgan fingerprint density at radius 3 is 1.68 bits per heavy atom. The van der Waals surface area contributed by atoms with E-state index in [-0.39, 0.29) is 24.2 Å². The van der Waals surface area contributed by atoms with E-state index in [1.54, 1.807) is 12.1 Å². The summed E-state index contributed by atoms with van der Waals surface area (Å²) in [5, 5.41) is 0. The lowest BCUT2D eigenvalue weighted by Crippen LogP contribution is -2.19. The number of hydrogen-bond donors (Lipinski definition) is 0. The molecule has 47 heavy (non-hydrogen) atoms. The van der Waals surface area contributed by atoms with Gasteiger partial charge >= 0.3 is 18.1 Å². The lowest BCUT2D eigenvalue weighted by Gasteiger charge is -2.18. The molecule has 0 saturated heterocycles. The van der Waals surface area contributed by atoms with E-state index >= 15 is 0 Å². The van der Waals surface area contributed by atoms with Crippen LogP contribution in [0.3, 0.4) is 0 Å². The fraction of sp³-hybridized carbons (Fsp3) is 0.487. The summed E-state index contributed by atoms with van der Waals surface area (Å²) in [7, 11) is 0. The van der Waals surface area contributed by atoms with Crippen LogP contribution in [-0.2, 0) is 4.74 Å². The van der Waals surface area contributed by atoms with E-state index in [1.165, 1.54) is 69.2 Å². The third kappa shape index (κ3) is 14.7. The molecule has 8 heteroatoms. The molecule has 0 saturated carbocycles. The minimum Gasteiger partial charge on any atom is -0.494 e. The zero-order valence-corrected chi connectivity index (χ0v) is 27.8. The minimum atomic E-state index is -4.23. The fourth-order valence-corrected chi connectivity index (χ4v) is 5.24. The van der Waals surface area contributed by atoms with Crippen LogP contribution in [0.25, 0.3) is 11.1 Å². The predicted octanol–water partition coefficient (Wildman–Crippen LogP) is 11.5. The first kappa shape index (κ1) is 37.6. The molecule has 0 aliphatic rings. The first-order valence-corrected chi connectivity index (χ1v) is 17.1. The normalized spacial score (nSPS) is 12.0. The lowest BCUT2D eigenvalue weighted by molar-refractivity contribution is -0.136. The van der Waals surface area contributed by atoms with Crippen molar-refractivity contribution >= 4 is 11.9 Å².